The molecule has 3 aliphatic rings. The maximum absolute atomic E-state index is 15.0. The van der Waals surface area contributed by atoms with E-state index in [4.69, 9.17) is 37.9 Å². The van der Waals surface area contributed by atoms with E-state index in [0.29, 0.717) is 80.2 Å². The summed E-state index contributed by atoms with van der Waals surface area (Å²) in [6.45, 7) is 3.90. The first kappa shape index (κ1) is 41.9. The number of carbonyl (C=O) groups excluding carboxylic acids is 2. The first-order valence-corrected chi connectivity index (χ1v) is 20.4. The van der Waals surface area contributed by atoms with Crippen molar-refractivity contribution in [2.24, 2.45) is 5.92 Å². The number of piperidine rings is 1. The van der Waals surface area contributed by atoms with Gasteiger partial charge in [-0.1, -0.05) is 37.5 Å². The molecule has 310 valence electrons. The summed E-state index contributed by atoms with van der Waals surface area (Å²) >= 11 is 0. The quantitative estimate of drug-likeness (QED) is 0.128. The molecule has 0 aromatic heterocycles. The highest BCUT2D eigenvalue weighted by Gasteiger charge is 2.41. The van der Waals surface area contributed by atoms with Gasteiger partial charge in [0.2, 0.25) is 11.7 Å². The van der Waals surface area contributed by atoms with E-state index >= 15 is 4.79 Å². The van der Waals surface area contributed by atoms with Crippen molar-refractivity contribution in [3.8, 4) is 34.5 Å². The summed E-state index contributed by atoms with van der Waals surface area (Å²) in [4.78, 5) is 33.6. The smallest absolute Gasteiger partial charge is 0.329 e. The highest BCUT2D eigenvalue weighted by Crippen LogP contribution is 2.45. The van der Waals surface area contributed by atoms with Crippen LogP contribution in [0.25, 0.3) is 0 Å². The zero-order valence-corrected chi connectivity index (χ0v) is 34.3. The normalized spacial score (nSPS) is 18.9. The van der Waals surface area contributed by atoms with Crippen LogP contribution < -0.4 is 28.4 Å². The van der Waals surface area contributed by atoms with E-state index in [-0.39, 0.29) is 11.8 Å². The highest BCUT2D eigenvalue weighted by atomic mass is 16.5. The van der Waals surface area contributed by atoms with Crippen molar-refractivity contribution in [2.75, 3.05) is 75.1 Å². The number of morpholine rings is 1. The Morgan fingerprint density at radius 3 is 2.11 bits per heavy atom. The molecule has 6 rings (SSSR count). The summed E-state index contributed by atoms with van der Waals surface area (Å²) < 4.78 is 46.4. The Balaban J connectivity index is 1.27. The van der Waals surface area contributed by atoms with E-state index in [9.17, 15) is 4.79 Å². The number of likely N-dealkylation sites (tertiary alicyclic amines) is 1. The lowest BCUT2D eigenvalue weighted by atomic mass is 9.75. The number of hydrogen-bond donors (Lipinski definition) is 0. The fourth-order valence-corrected chi connectivity index (χ4v) is 8.53. The van der Waals surface area contributed by atoms with Crippen molar-refractivity contribution in [3.05, 3.63) is 71.3 Å². The van der Waals surface area contributed by atoms with E-state index in [1.165, 1.54) is 0 Å². The van der Waals surface area contributed by atoms with Crippen LogP contribution in [0.4, 0.5) is 0 Å². The van der Waals surface area contributed by atoms with Crippen molar-refractivity contribution < 1.29 is 47.5 Å². The Kier molecular flexibility index (Phi) is 15.2. The van der Waals surface area contributed by atoms with Gasteiger partial charge in [0.25, 0.3) is 0 Å². The van der Waals surface area contributed by atoms with Crippen molar-refractivity contribution in [1.82, 2.24) is 9.80 Å². The van der Waals surface area contributed by atoms with Crippen LogP contribution in [-0.4, -0.2) is 103 Å². The number of esters is 1. The van der Waals surface area contributed by atoms with Crippen LogP contribution in [0, 0.1) is 5.92 Å². The SMILES string of the molecule is COc1ccc(CC[C@@H](OC(=O)[C@@H]2CCCCN2C(=O)[C@H](c2cc(OC)c(OC)c(OC)c2)C2CCCCC2)c2cccc(OCN3CCOCC3)c2)cc1OC. The summed E-state index contributed by atoms with van der Waals surface area (Å²) in [5, 5.41) is 0. The monoisotopic (exact) mass is 788 g/mol. The van der Waals surface area contributed by atoms with Crippen LogP contribution in [0.5, 0.6) is 34.5 Å². The van der Waals surface area contributed by atoms with Crippen LogP contribution in [0.15, 0.2) is 54.6 Å². The summed E-state index contributed by atoms with van der Waals surface area (Å²) in [5.41, 5.74) is 2.65. The van der Waals surface area contributed by atoms with Crippen LogP contribution >= 0.6 is 0 Å². The molecule has 57 heavy (non-hydrogen) atoms. The fourth-order valence-electron chi connectivity index (χ4n) is 8.53. The van der Waals surface area contributed by atoms with Gasteiger partial charge < -0.3 is 42.8 Å². The maximum atomic E-state index is 15.0. The van der Waals surface area contributed by atoms with Crippen LogP contribution in [0.1, 0.15) is 86.5 Å². The van der Waals surface area contributed by atoms with Gasteiger partial charge >= 0.3 is 5.97 Å². The van der Waals surface area contributed by atoms with E-state index < -0.39 is 24.0 Å². The number of carbonyl (C=O) groups is 2. The number of nitrogens with zero attached hydrogens (tertiary/aromatic N) is 2. The van der Waals surface area contributed by atoms with Gasteiger partial charge in [0, 0.05) is 19.6 Å². The van der Waals surface area contributed by atoms with Gasteiger partial charge in [0.05, 0.1) is 54.7 Å². The third-order valence-corrected chi connectivity index (χ3v) is 11.6. The van der Waals surface area contributed by atoms with E-state index in [1.54, 1.807) is 40.4 Å². The molecule has 1 saturated carbocycles. The molecule has 3 aromatic rings. The van der Waals surface area contributed by atoms with Crippen molar-refractivity contribution in [2.45, 2.75) is 82.3 Å². The number of ether oxygens (including phenoxy) is 8. The summed E-state index contributed by atoms with van der Waals surface area (Å²) in [6.07, 6.45) is 7.80. The van der Waals surface area contributed by atoms with Gasteiger partial charge in [-0.15, -0.1) is 0 Å². The molecular weight excluding hydrogens is 728 g/mol. The van der Waals surface area contributed by atoms with Gasteiger partial charge in [-0.25, -0.2) is 4.79 Å². The molecule has 2 aliphatic heterocycles. The largest absolute Gasteiger partial charge is 0.493 e. The zero-order valence-electron chi connectivity index (χ0n) is 34.3. The van der Waals surface area contributed by atoms with Crippen molar-refractivity contribution >= 4 is 11.9 Å². The minimum absolute atomic E-state index is 0.0572. The molecule has 3 atom stereocenters. The Bertz CT molecular complexity index is 1750. The third-order valence-electron chi connectivity index (χ3n) is 11.6. The topological polar surface area (TPSA) is 114 Å². The lowest BCUT2D eigenvalue weighted by Gasteiger charge is -2.40. The minimum atomic E-state index is -0.719. The molecule has 12 nitrogen and oxygen atoms in total. The first-order chi connectivity index (χ1) is 27.9. The van der Waals surface area contributed by atoms with E-state index in [1.807, 2.05) is 54.6 Å². The second-order valence-corrected chi connectivity index (χ2v) is 15.1. The van der Waals surface area contributed by atoms with Gasteiger partial charge in [-0.3, -0.25) is 9.69 Å². The van der Waals surface area contributed by atoms with Gasteiger partial charge in [-0.05, 0) is 104 Å². The van der Waals surface area contributed by atoms with Crippen LogP contribution in [-0.2, 0) is 25.5 Å². The molecule has 0 spiro atoms. The molecule has 0 bridgehead atoms. The summed E-state index contributed by atoms with van der Waals surface area (Å²) in [6, 6.07) is 16.7. The molecule has 3 aromatic carbocycles. The van der Waals surface area contributed by atoms with E-state index in [2.05, 4.69) is 4.90 Å². The molecular formula is C45H60N2O10. The first-order valence-electron chi connectivity index (χ1n) is 20.4. The number of rotatable bonds is 17. The van der Waals surface area contributed by atoms with Gasteiger partial charge in [0.1, 0.15) is 24.6 Å². The molecule has 12 heteroatoms. The van der Waals surface area contributed by atoms with Crippen LogP contribution in [0.2, 0.25) is 0 Å². The van der Waals surface area contributed by atoms with Gasteiger partial charge in [0.15, 0.2) is 23.0 Å². The Hall–Kier alpha value is -4.68. The predicted octanol–water partition coefficient (Wildman–Crippen LogP) is 7.36. The number of benzene rings is 3. The Morgan fingerprint density at radius 1 is 0.719 bits per heavy atom. The Labute approximate surface area is 337 Å². The minimum Gasteiger partial charge on any atom is -0.493 e. The Morgan fingerprint density at radius 2 is 1.42 bits per heavy atom. The number of methoxy groups -OCH3 is 5. The number of aryl methyl sites for hydroxylation is 1. The third kappa shape index (κ3) is 10.4. The van der Waals surface area contributed by atoms with Crippen LogP contribution in [0.3, 0.4) is 0 Å². The lowest BCUT2D eigenvalue weighted by molar-refractivity contribution is -0.163. The standard InChI is InChI=1S/C45H60N2O10/c1-50-38-20-18-31(26-39(38)51-2)17-19-37(33-14-11-15-35(27-33)56-30-46-22-24-55-25-23-46)57-45(49)36-16-9-10-21-47(36)44(48)42(32-12-7-6-8-13-32)34-28-40(52-3)43(54-5)41(29-34)53-4/h11,14-15,18,20,26-29,32,36-37,42H,6-10,12-13,16-17,19,21-25,30H2,1-5H3/t36-,37+,42-/m0/s1. The molecule has 0 unspecified atom stereocenters. The fraction of sp³-hybridized carbons (Fsp3) is 0.556. The lowest BCUT2D eigenvalue weighted by Crippen LogP contribution is -2.51. The maximum Gasteiger partial charge on any atom is 0.329 e. The molecule has 1 amide bonds. The summed E-state index contributed by atoms with van der Waals surface area (Å²) in [7, 11) is 7.98. The van der Waals surface area contributed by atoms with Gasteiger partial charge in [-0.2, -0.15) is 0 Å². The molecule has 2 saturated heterocycles. The summed E-state index contributed by atoms with van der Waals surface area (Å²) in [5.74, 6) is 2.65. The number of hydrogen-bond acceptors (Lipinski definition) is 11. The number of amides is 1. The molecule has 1 aliphatic carbocycles. The molecule has 0 radical (unpaired) electrons. The molecule has 2 heterocycles. The average molecular weight is 789 g/mol. The van der Waals surface area contributed by atoms with Crippen molar-refractivity contribution in [3.63, 3.8) is 0 Å². The highest BCUT2D eigenvalue weighted by molar-refractivity contribution is 5.89. The predicted molar refractivity (Wildman–Crippen MR) is 216 cm³/mol. The average Bonchev–Trinajstić information content (AvgIpc) is 3.27. The van der Waals surface area contributed by atoms with Crippen molar-refractivity contribution in [1.29, 1.82) is 0 Å². The molecule has 0 N–H and O–H groups in total. The molecule has 3 fully saturated rings. The van der Waals surface area contributed by atoms with E-state index in [0.717, 1.165) is 74.7 Å². The second kappa shape index (κ2) is 20.7. The zero-order chi connectivity index (χ0) is 40.1. The second-order valence-electron chi connectivity index (χ2n) is 15.1.